The van der Waals surface area contributed by atoms with Crippen molar-refractivity contribution >= 4 is 35.1 Å². The number of carbonyl (C=O) groups is 4. The molecule has 5 rings (SSSR count). The van der Waals surface area contributed by atoms with E-state index < -0.39 is 41.7 Å². The minimum absolute atomic E-state index is 0.0372. The van der Waals surface area contributed by atoms with Gasteiger partial charge in [-0.3, -0.25) is 19.2 Å². The lowest BCUT2D eigenvalue weighted by Crippen LogP contribution is -2.56. The molecule has 0 saturated carbocycles. The van der Waals surface area contributed by atoms with E-state index in [1.165, 1.54) is 0 Å². The predicted molar refractivity (Wildman–Crippen MR) is 201 cm³/mol. The Hall–Kier alpha value is -4.48. The van der Waals surface area contributed by atoms with Crippen LogP contribution >= 0.6 is 0 Å². The van der Waals surface area contributed by atoms with Crippen LogP contribution in [0.4, 0.5) is 11.4 Å². The fourth-order valence-electron chi connectivity index (χ4n) is 8.19. The van der Waals surface area contributed by atoms with Crippen molar-refractivity contribution in [3.8, 4) is 0 Å². The molecule has 3 fully saturated rings. The molecule has 0 unspecified atom stereocenters. The lowest BCUT2D eigenvalue weighted by atomic mass is 9.70. The number of anilines is 2. The number of unbranched alkanes of at least 4 members (excludes halogenated alkanes) is 2. The average molecular weight is 715 g/mol. The zero-order valence-electron chi connectivity index (χ0n) is 30.6. The van der Waals surface area contributed by atoms with Crippen LogP contribution in [-0.4, -0.2) is 90.8 Å². The van der Waals surface area contributed by atoms with Crippen molar-refractivity contribution in [2.45, 2.75) is 82.6 Å². The number of nitrogens with one attached hydrogen (secondary N) is 1. The van der Waals surface area contributed by atoms with Crippen LogP contribution in [0.5, 0.6) is 0 Å². The number of allylic oxidation sites excluding steroid dienone is 1. The van der Waals surface area contributed by atoms with E-state index in [0.717, 1.165) is 18.8 Å². The molecule has 11 nitrogen and oxygen atoms in total. The maximum absolute atomic E-state index is 14.9. The Morgan fingerprint density at radius 3 is 2.40 bits per heavy atom. The topological polar surface area (TPSA) is 129 Å². The van der Waals surface area contributed by atoms with Gasteiger partial charge in [-0.2, -0.15) is 0 Å². The minimum Gasteiger partial charge on any atom is -0.455 e. The third-order valence-electron chi connectivity index (χ3n) is 10.7. The summed E-state index contributed by atoms with van der Waals surface area (Å²) in [6.07, 6.45) is 5.54. The van der Waals surface area contributed by atoms with Crippen molar-refractivity contribution < 1.29 is 33.8 Å². The summed E-state index contributed by atoms with van der Waals surface area (Å²) in [5.74, 6) is -3.16. The summed E-state index contributed by atoms with van der Waals surface area (Å²) < 4.78 is 12.9. The quantitative estimate of drug-likeness (QED) is 0.112. The molecule has 0 radical (unpaired) electrons. The summed E-state index contributed by atoms with van der Waals surface area (Å²) in [5.41, 5.74) is 1.23. The number of hydrogen-bond acceptors (Lipinski definition) is 8. The Morgan fingerprint density at radius 2 is 1.75 bits per heavy atom. The van der Waals surface area contributed by atoms with Gasteiger partial charge in [0.1, 0.15) is 17.7 Å². The van der Waals surface area contributed by atoms with E-state index >= 15 is 0 Å². The lowest BCUT2D eigenvalue weighted by molar-refractivity contribution is -0.160. The maximum Gasteiger partial charge on any atom is 0.313 e. The van der Waals surface area contributed by atoms with Crippen LogP contribution in [-0.2, 0) is 28.7 Å². The van der Waals surface area contributed by atoms with Crippen molar-refractivity contribution in [2.24, 2.45) is 11.8 Å². The number of rotatable bonds is 20. The number of esters is 1. The van der Waals surface area contributed by atoms with Gasteiger partial charge in [-0.15, -0.1) is 13.2 Å². The van der Waals surface area contributed by atoms with Gasteiger partial charge in [-0.25, -0.2) is 0 Å². The monoisotopic (exact) mass is 714 g/mol. The Labute approximate surface area is 307 Å². The molecule has 280 valence electrons. The molecule has 0 aliphatic carbocycles. The summed E-state index contributed by atoms with van der Waals surface area (Å²) in [6, 6.07) is 16.1. The van der Waals surface area contributed by atoms with Crippen LogP contribution in [0.2, 0.25) is 0 Å². The minimum atomic E-state index is -1.21. The first-order valence-corrected chi connectivity index (χ1v) is 18.7. The van der Waals surface area contributed by atoms with E-state index in [0.29, 0.717) is 49.8 Å². The summed E-state index contributed by atoms with van der Waals surface area (Å²) >= 11 is 0. The highest BCUT2D eigenvalue weighted by Crippen LogP contribution is 2.59. The van der Waals surface area contributed by atoms with E-state index in [1.54, 1.807) is 22.0 Å². The van der Waals surface area contributed by atoms with Crippen molar-refractivity contribution in [2.75, 3.05) is 49.1 Å². The fraction of sp³-hybridized carbons (Fsp3) is 0.512. The van der Waals surface area contributed by atoms with Crippen LogP contribution in [0.25, 0.3) is 0 Å². The van der Waals surface area contributed by atoms with Gasteiger partial charge < -0.3 is 34.6 Å². The van der Waals surface area contributed by atoms with Crippen molar-refractivity contribution in [1.82, 2.24) is 10.2 Å². The third-order valence-corrected chi connectivity index (χ3v) is 10.7. The Balaban J connectivity index is 1.45. The molecule has 3 heterocycles. The van der Waals surface area contributed by atoms with Gasteiger partial charge in [0.15, 0.2) is 0 Å². The first-order chi connectivity index (χ1) is 25.2. The van der Waals surface area contributed by atoms with Crippen LogP contribution in [0.15, 0.2) is 79.9 Å². The zero-order valence-corrected chi connectivity index (χ0v) is 30.6. The number of hydrogen-bond donors (Lipinski definition) is 2. The smallest absolute Gasteiger partial charge is 0.313 e. The van der Waals surface area contributed by atoms with Crippen LogP contribution in [0, 0.1) is 11.8 Å². The van der Waals surface area contributed by atoms with Crippen LogP contribution < -0.4 is 15.1 Å². The highest BCUT2D eigenvalue weighted by molar-refractivity contribution is 6.04. The van der Waals surface area contributed by atoms with Gasteiger partial charge in [-0.05, 0) is 82.2 Å². The van der Waals surface area contributed by atoms with Crippen molar-refractivity contribution in [3.05, 3.63) is 85.5 Å². The lowest BCUT2D eigenvalue weighted by Gasteiger charge is -2.37. The van der Waals surface area contributed by atoms with E-state index in [-0.39, 0.29) is 50.4 Å². The molecular weight excluding hydrogens is 660 g/mol. The first-order valence-electron chi connectivity index (χ1n) is 18.7. The summed E-state index contributed by atoms with van der Waals surface area (Å²) in [7, 11) is 0. The third kappa shape index (κ3) is 7.95. The second-order valence-electron chi connectivity index (χ2n) is 13.8. The first kappa shape index (κ1) is 38.7. The predicted octanol–water partition coefficient (Wildman–Crippen LogP) is 4.96. The van der Waals surface area contributed by atoms with Gasteiger partial charge in [-0.1, -0.05) is 42.5 Å². The molecule has 0 aromatic heterocycles. The molecular formula is C41H54N4O7. The largest absolute Gasteiger partial charge is 0.455 e. The van der Waals surface area contributed by atoms with Gasteiger partial charge in [0.2, 0.25) is 11.8 Å². The number of aliphatic hydroxyl groups is 1. The SMILES string of the molecule is C=CCCC(=O)NC[C@@H](OC(=O)[C@@H]1[C@@H]2CC[C@]3(O2)[C@H](C(=O)N(CC=C)c2ccc(N(CC)CC)cc2)N(CCCCCO)C(=O)[C@@H]13)c1ccccc1. The molecule has 2 aromatic rings. The number of benzene rings is 2. The van der Waals surface area contributed by atoms with Gasteiger partial charge >= 0.3 is 5.97 Å². The summed E-state index contributed by atoms with van der Waals surface area (Å²) in [4.78, 5) is 61.7. The number of amides is 3. The van der Waals surface area contributed by atoms with Gasteiger partial charge in [0.05, 0.1) is 24.5 Å². The van der Waals surface area contributed by atoms with Crippen molar-refractivity contribution in [1.29, 1.82) is 0 Å². The van der Waals surface area contributed by atoms with Crippen LogP contribution in [0.3, 0.4) is 0 Å². The zero-order chi connectivity index (χ0) is 37.3. The molecule has 2 bridgehead atoms. The molecule has 3 amide bonds. The van der Waals surface area contributed by atoms with E-state index in [4.69, 9.17) is 9.47 Å². The molecule has 6 atom stereocenters. The van der Waals surface area contributed by atoms with E-state index in [1.807, 2.05) is 54.6 Å². The molecule has 2 aromatic carbocycles. The summed E-state index contributed by atoms with van der Waals surface area (Å²) in [6.45, 7) is 14.1. The molecule has 1 spiro atoms. The van der Waals surface area contributed by atoms with Gasteiger partial charge in [0.25, 0.3) is 5.91 Å². The highest BCUT2D eigenvalue weighted by atomic mass is 16.6. The van der Waals surface area contributed by atoms with E-state index in [2.05, 4.69) is 37.2 Å². The molecule has 3 aliphatic rings. The van der Waals surface area contributed by atoms with Gasteiger partial charge in [0, 0.05) is 50.6 Å². The molecule has 3 saturated heterocycles. The number of aliphatic hydroxyl groups excluding tert-OH is 1. The van der Waals surface area contributed by atoms with Crippen molar-refractivity contribution in [3.63, 3.8) is 0 Å². The summed E-state index contributed by atoms with van der Waals surface area (Å²) in [5, 5.41) is 12.3. The molecule has 3 aliphatic heterocycles. The number of likely N-dealkylation sites (tertiary alicyclic amines) is 1. The number of ether oxygens (including phenoxy) is 2. The molecule has 2 N–H and O–H groups in total. The fourth-order valence-corrected chi connectivity index (χ4v) is 8.19. The normalized spacial score (nSPS) is 23.5. The second-order valence-corrected chi connectivity index (χ2v) is 13.8. The maximum atomic E-state index is 14.9. The number of carbonyl (C=O) groups excluding carboxylic acids is 4. The van der Waals surface area contributed by atoms with E-state index in [9.17, 15) is 24.3 Å². The number of nitrogens with zero attached hydrogens (tertiary/aromatic N) is 3. The standard InChI is InChI=1S/C41H54N4O7/c1-5-9-18-34(47)42-28-33(29-16-12-10-13-17-29)51-40(50)35-32-23-24-41(52-32)36(35)38(48)45(26-14-11-15-27-46)37(41)39(49)44(25-6-2)31-21-19-30(20-22-31)43(7-3)8-4/h5-6,10,12-13,16-17,19-22,32-33,35-37,46H,1-2,7-9,11,14-15,18,23-28H2,3-4H3,(H,42,47)/t32-,33+,35+,36+,37-,41+/m0/s1. The Kier molecular flexibility index (Phi) is 13.3. The average Bonchev–Trinajstić information content (AvgIpc) is 3.81. The number of fused-ring (bicyclic) bond motifs is 1. The molecule has 52 heavy (non-hydrogen) atoms. The second kappa shape index (κ2) is 17.8. The highest BCUT2D eigenvalue weighted by Gasteiger charge is 2.75. The van der Waals surface area contributed by atoms with Crippen LogP contribution in [0.1, 0.15) is 70.5 Å². The molecule has 11 heteroatoms. The Morgan fingerprint density at radius 1 is 1.04 bits per heavy atom. The Bertz CT molecular complexity index is 1560.